The summed E-state index contributed by atoms with van der Waals surface area (Å²) in [7, 11) is -3.21. The van der Waals surface area contributed by atoms with Gasteiger partial charge in [-0.2, -0.15) is 0 Å². The lowest BCUT2D eigenvalue weighted by Crippen LogP contribution is -2.28. The van der Waals surface area contributed by atoms with E-state index in [-0.39, 0.29) is 11.7 Å². The van der Waals surface area contributed by atoms with Crippen molar-refractivity contribution in [2.24, 2.45) is 5.16 Å². The molecule has 2 aliphatic rings. The van der Waals surface area contributed by atoms with E-state index in [1.165, 1.54) is 4.31 Å². The lowest BCUT2D eigenvalue weighted by atomic mass is 10.0. The Balaban J connectivity index is 1.38. The van der Waals surface area contributed by atoms with Crippen molar-refractivity contribution in [2.75, 3.05) is 21.9 Å². The van der Waals surface area contributed by atoms with Crippen LogP contribution in [0.2, 0.25) is 0 Å². The van der Waals surface area contributed by atoms with Crippen molar-refractivity contribution in [1.82, 2.24) is 0 Å². The molecule has 7 nitrogen and oxygen atoms in total. The average Bonchev–Trinajstić information content (AvgIpc) is 3.30. The Kier molecular flexibility index (Phi) is 4.57. The molecule has 0 saturated carbocycles. The second-order valence-electron chi connectivity index (χ2n) is 6.48. The Morgan fingerprint density at radius 3 is 2.52 bits per heavy atom. The molecule has 2 aliphatic heterocycles. The summed E-state index contributed by atoms with van der Waals surface area (Å²) in [5.41, 5.74) is 2.86. The Morgan fingerprint density at radius 2 is 1.85 bits per heavy atom. The maximum absolute atomic E-state index is 12.4. The van der Waals surface area contributed by atoms with Crippen LogP contribution in [0.1, 0.15) is 18.4 Å². The highest BCUT2D eigenvalue weighted by Gasteiger charge is 2.30. The van der Waals surface area contributed by atoms with E-state index in [1.807, 2.05) is 30.3 Å². The van der Waals surface area contributed by atoms with Crippen LogP contribution in [-0.4, -0.2) is 38.4 Å². The number of benzene rings is 2. The summed E-state index contributed by atoms with van der Waals surface area (Å²) in [5.74, 6) is -0.111. The maximum atomic E-state index is 12.4. The van der Waals surface area contributed by atoms with Crippen LogP contribution >= 0.6 is 0 Å². The Bertz CT molecular complexity index is 972. The van der Waals surface area contributed by atoms with Gasteiger partial charge in [-0.25, -0.2) is 8.42 Å². The van der Waals surface area contributed by atoms with Crippen molar-refractivity contribution >= 4 is 33.0 Å². The van der Waals surface area contributed by atoms with Gasteiger partial charge in [-0.1, -0.05) is 35.5 Å². The summed E-state index contributed by atoms with van der Waals surface area (Å²) in [6.45, 7) is 0.490. The van der Waals surface area contributed by atoms with Gasteiger partial charge in [0.15, 0.2) is 0 Å². The molecular formula is C19H19N3O4S. The first-order chi connectivity index (χ1) is 13.0. The number of hydrogen-bond acceptors (Lipinski definition) is 5. The normalized spacial score (nSPS) is 20.8. The fourth-order valence-corrected chi connectivity index (χ4v) is 4.75. The maximum Gasteiger partial charge on any atom is 0.268 e. The summed E-state index contributed by atoms with van der Waals surface area (Å²) in [4.78, 5) is 17.7. The molecule has 2 aromatic carbocycles. The highest BCUT2D eigenvalue weighted by molar-refractivity contribution is 7.93. The molecule has 1 unspecified atom stereocenters. The zero-order valence-electron chi connectivity index (χ0n) is 14.5. The van der Waals surface area contributed by atoms with Gasteiger partial charge in [-0.3, -0.25) is 9.10 Å². The van der Waals surface area contributed by atoms with Crippen molar-refractivity contribution in [3.05, 3.63) is 60.2 Å². The van der Waals surface area contributed by atoms with Gasteiger partial charge >= 0.3 is 0 Å². The monoisotopic (exact) mass is 385 g/mol. The number of nitrogens with zero attached hydrogens (tertiary/aromatic N) is 2. The molecular weight excluding hydrogens is 366 g/mol. The summed E-state index contributed by atoms with van der Waals surface area (Å²) >= 11 is 0. The fraction of sp³-hybridized carbons (Fsp3) is 0.263. The molecule has 1 amide bonds. The van der Waals surface area contributed by atoms with Crippen LogP contribution < -0.4 is 9.62 Å². The highest BCUT2D eigenvalue weighted by atomic mass is 32.2. The molecule has 2 aromatic rings. The first-order valence-corrected chi connectivity index (χ1v) is 10.3. The minimum absolute atomic E-state index is 0.175. The second kappa shape index (κ2) is 7.03. The van der Waals surface area contributed by atoms with E-state index in [0.717, 1.165) is 11.3 Å². The van der Waals surface area contributed by atoms with Gasteiger partial charge in [0.1, 0.15) is 0 Å². The number of amides is 1. The molecule has 0 bridgehead atoms. The van der Waals surface area contributed by atoms with E-state index in [0.29, 0.717) is 30.8 Å². The molecule has 1 saturated heterocycles. The second-order valence-corrected chi connectivity index (χ2v) is 8.49. The molecule has 1 N–H and O–H groups in total. The SMILES string of the molecule is O=C(Nc1ccc(N2CCCS2(=O)=O)cc1)C1CC(c2ccccc2)=NO1. The fourth-order valence-electron chi connectivity index (χ4n) is 3.18. The first kappa shape index (κ1) is 17.5. The van der Waals surface area contributed by atoms with Crippen LogP contribution in [0.25, 0.3) is 0 Å². The van der Waals surface area contributed by atoms with Crippen LogP contribution in [0.3, 0.4) is 0 Å². The van der Waals surface area contributed by atoms with Crippen molar-refractivity contribution < 1.29 is 18.0 Å². The molecule has 0 spiro atoms. The molecule has 0 aromatic heterocycles. The van der Waals surface area contributed by atoms with Crippen LogP contribution in [0.4, 0.5) is 11.4 Å². The summed E-state index contributed by atoms with van der Waals surface area (Å²) in [6.07, 6.45) is 0.350. The number of anilines is 2. The highest BCUT2D eigenvalue weighted by Crippen LogP contribution is 2.26. The number of rotatable bonds is 4. The first-order valence-electron chi connectivity index (χ1n) is 8.72. The van der Waals surface area contributed by atoms with Gasteiger partial charge in [-0.15, -0.1) is 0 Å². The summed E-state index contributed by atoms with van der Waals surface area (Å²) < 4.78 is 25.3. The van der Waals surface area contributed by atoms with E-state index < -0.39 is 16.1 Å². The topological polar surface area (TPSA) is 88.1 Å². The molecule has 2 heterocycles. The summed E-state index contributed by atoms with van der Waals surface area (Å²) in [5, 5.41) is 6.80. The van der Waals surface area contributed by atoms with Gasteiger partial charge < -0.3 is 10.2 Å². The van der Waals surface area contributed by atoms with E-state index >= 15 is 0 Å². The minimum Gasteiger partial charge on any atom is -0.382 e. The quantitative estimate of drug-likeness (QED) is 0.875. The smallest absolute Gasteiger partial charge is 0.268 e. The van der Waals surface area contributed by atoms with Gasteiger partial charge in [0.05, 0.1) is 17.2 Å². The number of hydrogen-bond donors (Lipinski definition) is 1. The molecule has 8 heteroatoms. The molecule has 4 rings (SSSR count). The average molecular weight is 385 g/mol. The van der Waals surface area contributed by atoms with E-state index in [9.17, 15) is 13.2 Å². The zero-order valence-corrected chi connectivity index (χ0v) is 15.4. The molecule has 27 heavy (non-hydrogen) atoms. The third kappa shape index (κ3) is 3.66. The number of carbonyl (C=O) groups is 1. The predicted octanol–water partition coefficient (Wildman–Crippen LogP) is 2.36. The third-order valence-corrected chi connectivity index (χ3v) is 6.46. The number of oxime groups is 1. The molecule has 0 aliphatic carbocycles. The van der Waals surface area contributed by atoms with Gasteiger partial charge in [0.25, 0.3) is 5.91 Å². The predicted molar refractivity (Wildman–Crippen MR) is 103 cm³/mol. The Labute approximate surface area is 157 Å². The Hall–Kier alpha value is -2.87. The summed E-state index contributed by atoms with van der Waals surface area (Å²) in [6, 6.07) is 16.4. The number of nitrogens with one attached hydrogen (secondary N) is 1. The molecule has 1 atom stereocenters. The van der Waals surface area contributed by atoms with Crippen molar-refractivity contribution in [3.8, 4) is 0 Å². The van der Waals surface area contributed by atoms with Crippen LogP contribution in [0, 0.1) is 0 Å². The standard InChI is InChI=1S/C19H19N3O4S/c23-19(18-13-17(21-26-18)14-5-2-1-3-6-14)20-15-7-9-16(10-8-15)22-11-4-12-27(22,24)25/h1-3,5-10,18H,4,11-13H2,(H,20,23). The van der Waals surface area contributed by atoms with E-state index in [1.54, 1.807) is 24.3 Å². The van der Waals surface area contributed by atoms with Crippen molar-refractivity contribution in [3.63, 3.8) is 0 Å². The minimum atomic E-state index is -3.21. The van der Waals surface area contributed by atoms with Crippen LogP contribution in [-0.2, 0) is 19.7 Å². The van der Waals surface area contributed by atoms with Crippen LogP contribution in [0.5, 0.6) is 0 Å². The van der Waals surface area contributed by atoms with Crippen LogP contribution in [0.15, 0.2) is 59.8 Å². The van der Waals surface area contributed by atoms with E-state index in [4.69, 9.17) is 4.84 Å². The van der Waals surface area contributed by atoms with Crippen molar-refractivity contribution in [2.45, 2.75) is 18.9 Å². The lowest BCUT2D eigenvalue weighted by Gasteiger charge is -2.17. The third-order valence-electron chi connectivity index (χ3n) is 4.59. The van der Waals surface area contributed by atoms with Crippen molar-refractivity contribution in [1.29, 1.82) is 0 Å². The van der Waals surface area contributed by atoms with Gasteiger partial charge in [-0.05, 0) is 36.2 Å². The van der Waals surface area contributed by atoms with Gasteiger partial charge in [0.2, 0.25) is 16.1 Å². The molecule has 140 valence electrons. The zero-order chi connectivity index (χ0) is 18.9. The van der Waals surface area contributed by atoms with E-state index in [2.05, 4.69) is 10.5 Å². The Morgan fingerprint density at radius 1 is 1.11 bits per heavy atom. The molecule has 1 fully saturated rings. The van der Waals surface area contributed by atoms with Gasteiger partial charge in [0, 0.05) is 18.7 Å². The number of sulfonamides is 1. The molecule has 0 radical (unpaired) electrons. The largest absolute Gasteiger partial charge is 0.382 e. The number of carbonyl (C=O) groups excluding carboxylic acids is 1. The lowest BCUT2D eigenvalue weighted by molar-refractivity contribution is -0.125.